The van der Waals surface area contributed by atoms with E-state index < -0.39 is 16.2 Å². The first-order valence-electron chi connectivity index (χ1n) is 3.63. The number of aromatic carboxylic acids is 1. The van der Waals surface area contributed by atoms with Crippen molar-refractivity contribution < 1.29 is 18.3 Å². The molecule has 82 valence electrons. The summed E-state index contributed by atoms with van der Waals surface area (Å²) in [5.41, 5.74) is -0.258. The van der Waals surface area contributed by atoms with E-state index in [9.17, 15) is 13.2 Å². The molecule has 0 aromatic heterocycles. The molecule has 6 nitrogen and oxygen atoms in total. The number of rotatable bonds is 3. The fourth-order valence-corrected chi connectivity index (χ4v) is 1.78. The number of benzene rings is 1. The van der Waals surface area contributed by atoms with Gasteiger partial charge in [0, 0.05) is 4.47 Å². The lowest BCUT2D eigenvalue weighted by Gasteiger charge is -2.07. The number of hydrogen-bond donors (Lipinski definition) is 3. The Bertz CT molecular complexity index is 500. The second-order valence-electron chi connectivity index (χ2n) is 2.64. The zero-order chi connectivity index (χ0) is 11.6. The van der Waals surface area contributed by atoms with Gasteiger partial charge in [-0.3, -0.25) is 4.72 Å². The quantitative estimate of drug-likeness (QED) is 0.764. The molecule has 15 heavy (non-hydrogen) atoms. The largest absolute Gasteiger partial charge is 0.478 e. The van der Waals surface area contributed by atoms with Crippen LogP contribution in [0.5, 0.6) is 0 Å². The SMILES string of the molecule is NS(=O)(=O)Nc1cc(Br)ccc1C(=O)O. The minimum absolute atomic E-state index is 0.0839. The first kappa shape index (κ1) is 12.0. The maximum absolute atomic E-state index is 10.7. The van der Waals surface area contributed by atoms with Crippen molar-refractivity contribution in [3.05, 3.63) is 28.2 Å². The lowest BCUT2D eigenvalue weighted by atomic mass is 10.2. The Hall–Kier alpha value is -1.12. The summed E-state index contributed by atoms with van der Waals surface area (Å²) in [5.74, 6) is -1.24. The summed E-state index contributed by atoms with van der Waals surface area (Å²) >= 11 is 3.08. The molecular weight excluding hydrogens is 288 g/mol. The molecule has 1 aromatic carbocycles. The van der Waals surface area contributed by atoms with Crippen LogP contribution in [-0.4, -0.2) is 19.5 Å². The predicted octanol–water partition coefficient (Wildman–Crippen LogP) is 0.763. The smallest absolute Gasteiger partial charge is 0.337 e. The third-order valence-electron chi connectivity index (χ3n) is 1.46. The van der Waals surface area contributed by atoms with E-state index in [0.717, 1.165) is 0 Å². The topological polar surface area (TPSA) is 109 Å². The molecular formula is C7H7BrN2O4S. The van der Waals surface area contributed by atoms with Crippen LogP contribution in [0, 0.1) is 0 Å². The second-order valence-corrected chi connectivity index (χ2v) is 4.85. The van der Waals surface area contributed by atoms with E-state index in [1.54, 1.807) is 0 Å². The van der Waals surface area contributed by atoms with Gasteiger partial charge in [-0.2, -0.15) is 8.42 Å². The standard InChI is InChI=1S/C7H7BrN2O4S/c8-4-1-2-5(7(11)12)6(3-4)10-15(9,13)14/h1-3,10H,(H,11,12)(H2,9,13,14). The molecule has 0 radical (unpaired) electrons. The van der Waals surface area contributed by atoms with Gasteiger partial charge in [0.25, 0.3) is 10.2 Å². The number of carboxylic acid groups (broad SMARTS) is 1. The summed E-state index contributed by atoms with van der Waals surface area (Å²) in [6.07, 6.45) is 0. The van der Waals surface area contributed by atoms with E-state index in [1.807, 2.05) is 4.72 Å². The van der Waals surface area contributed by atoms with Crippen LogP contribution in [0.25, 0.3) is 0 Å². The zero-order valence-electron chi connectivity index (χ0n) is 7.27. The summed E-state index contributed by atoms with van der Waals surface area (Å²) in [6.45, 7) is 0. The average molecular weight is 295 g/mol. The number of hydrogen-bond acceptors (Lipinski definition) is 3. The number of carbonyl (C=O) groups is 1. The predicted molar refractivity (Wildman–Crippen MR) is 57.8 cm³/mol. The van der Waals surface area contributed by atoms with Gasteiger partial charge >= 0.3 is 5.97 Å². The number of nitrogens with one attached hydrogen (secondary N) is 1. The van der Waals surface area contributed by atoms with E-state index in [-0.39, 0.29) is 11.3 Å². The van der Waals surface area contributed by atoms with E-state index in [0.29, 0.717) is 4.47 Å². The highest BCUT2D eigenvalue weighted by molar-refractivity contribution is 9.10. The van der Waals surface area contributed by atoms with Gasteiger partial charge in [0.1, 0.15) is 0 Å². The molecule has 1 rings (SSSR count). The third-order valence-corrected chi connectivity index (χ3v) is 2.46. The van der Waals surface area contributed by atoms with Crippen LogP contribution in [0.2, 0.25) is 0 Å². The Morgan fingerprint density at radius 1 is 1.47 bits per heavy atom. The first-order valence-corrected chi connectivity index (χ1v) is 5.97. The Morgan fingerprint density at radius 3 is 2.53 bits per heavy atom. The highest BCUT2D eigenvalue weighted by Crippen LogP contribution is 2.21. The molecule has 1 aromatic rings. The van der Waals surface area contributed by atoms with E-state index in [4.69, 9.17) is 10.2 Å². The molecule has 0 fully saturated rings. The van der Waals surface area contributed by atoms with Crippen molar-refractivity contribution in [2.24, 2.45) is 5.14 Å². The van der Waals surface area contributed by atoms with Crippen molar-refractivity contribution in [2.75, 3.05) is 4.72 Å². The molecule has 0 amide bonds. The fraction of sp³-hybridized carbons (Fsp3) is 0. The van der Waals surface area contributed by atoms with Crippen LogP contribution in [0.1, 0.15) is 10.4 Å². The minimum Gasteiger partial charge on any atom is -0.478 e. The highest BCUT2D eigenvalue weighted by Gasteiger charge is 2.13. The van der Waals surface area contributed by atoms with Gasteiger partial charge in [-0.1, -0.05) is 15.9 Å². The van der Waals surface area contributed by atoms with Crippen LogP contribution < -0.4 is 9.86 Å². The van der Waals surface area contributed by atoms with Crippen molar-refractivity contribution in [1.82, 2.24) is 0 Å². The second kappa shape index (κ2) is 4.17. The van der Waals surface area contributed by atoms with Gasteiger partial charge in [0.2, 0.25) is 0 Å². The minimum atomic E-state index is -3.98. The number of nitrogens with two attached hydrogens (primary N) is 1. The molecule has 0 saturated heterocycles. The highest BCUT2D eigenvalue weighted by atomic mass is 79.9. The van der Waals surface area contributed by atoms with Gasteiger partial charge < -0.3 is 5.11 Å². The van der Waals surface area contributed by atoms with Crippen molar-refractivity contribution in [3.8, 4) is 0 Å². The van der Waals surface area contributed by atoms with E-state index in [2.05, 4.69) is 15.9 Å². The third kappa shape index (κ3) is 3.50. The maximum Gasteiger partial charge on any atom is 0.337 e. The van der Waals surface area contributed by atoms with E-state index >= 15 is 0 Å². The van der Waals surface area contributed by atoms with Gasteiger partial charge in [-0.15, -0.1) is 0 Å². The van der Waals surface area contributed by atoms with Crippen LogP contribution in [-0.2, 0) is 10.2 Å². The van der Waals surface area contributed by atoms with Crippen molar-refractivity contribution >= 4 is 37.8 Å². The summed E-state index contributed by atoms with van der Waals surface area (Å²) in [7, 11) is -3.98. The Balaban J connectivity index is 3.25. The zero-order valence-corrected chi connectivity index (χ0v) is 9.67. The molecule has 0 aliphatic heterocycles. The lowest BCUT2D eigenvalue weighted by Crippen LogP contribution is -2.23. The van der Waals surface area contributed by atoms with Gasteiger partial charge in [-0.05, 0) is 18.2 Å². The molecule has 0 bridgehead atoms. The maximum atomic E-state index is 10.7. The van der Waals surface area contributed by atoms with E-state index in [1.165, 1.54) is 18.2 Å². The molecule has 8 heteroatoms. The van der Waals surface area contributed by atoms with Gasteiger partial charge in [0.05, 0.1) is 11.3 Å². The molecule has 4 N–H and O–H groups in total. The summed E-state index contributed by atoms with van der Waals surface area (Å²) < 4.78 is 23.9. The number of anilines is 1. The van der Waals surface area contributed by atoms with Gasteiger partial charge in [-0.25, -0.2) is 9.93 Å². The first-order chi connectivity index (χ1) is 6.79. The summed E-state index contributed by atoms with van der Waals surface area (Å²) in [6, 6.07) is 4.06. The Morgan fingerprint density at radius 2 is 2.07 bits per heavy atom. The van der Waals surface area contributed by atoms with Crippen LogP contribution in [0.4, 0.5) is 5.69 Å². The Labute approximate surface area is 94.4 Å². The molecule has 0 aliphatic rings. The van der Waals surface area contributed by atoms with Gasteiger partial charge in [0.15, 0.2) is 0 Å². The Kier molecular flexibility index (Phi) is 3.32. The van der Waals surface area contributed by atoms with Crippen molar-refractivity contribution in [3.63, 3.8) is 0 Å². The van der Waals surface area contributed by atoms with Crippen LogP contribution in [0.15, 0.2) is 22.7 Å². The molecule has 0 heterocycles. The summed E-state index contributed by atoms with van der Waals surface area (Å²) in [4.78, 5) is 10.7. The number of halogens is 1. The molecule has 0 aliphatic carbocycles. The fourth-order valence-electron chi connectivity index (χ4n) is 0.941. The monoisotopic (exact) mass is 294 g/mol. The van der Waals surface area contributed by atoms with Crippen molar-refractivity contribution in [1.29, 1.82) is 0 Å². The molecule has 0 spiro atoms. The molecule has 0 atom stereocenters. The normalized spacial score (nSPS) is 11.1. The van der Waals surface area contributed by atoms with Crippen molar-refractivity contribution in [2.45, 2.75) is 0 Å². The average Bonchev–Trinajstić information content (AvgIpc) is 1.99. The lowest BCUT2D eigenvalue weighted by molar-refractivity contribution is 0.0698. The number of carboxylic acids is 1. The summed E-state index contributed by atoms with van der Waals surface area (Å²) in [5, 5.41) is 13.5. The van der Waals surface area contributed by atoms with Crippen LogP contribution >= 0.6 is 15.9 Å². The molecule has 0 unspecified atom stereocenters. The van der Waals surface area contributed by atoms with Crippen LogP contribution in [0.3, 0.4) is 0 Å². The molecule has 0 saturated carbocycles.